The highest BCUT2D eigenvalue weighted by Gasteiger charge is 2.02. The predicted octanol–water partition coefficient (Wildman–Crippen LogP) is 2.73. The predicted molar refractivity (Wildman–Crippen MR) is 62.9 cm³/mol. The number of hydrogen-bond acceptors (Lipinski definition) is 3. The van der Waals surface area contributed by atoms with E-state index in [0.717, 1.165) is 30.4 Å². The number of thiol groups is 1. The maximum absolute atomic E-state index is 5.50. The second-order valence-electron chi connectivity index (χ2n) is 3.68. The molecule has 1 aromatic heterocycles. The SMILES string of the molecule is Cc1ccc(CN(C)CCCCS)o1. The Morgan fingerprint density at radius 1 is 1.36 bits per heavy atom. The topological polar surface area (TPSA) is 16.4 Å². The fraction of sp³-hybridized carbons (Fsp3) is 0.636. The minimum absolute atomic E-state index is 0.903. The van der Waals surface area contributed by atoms with Gasteiger partial charge in [0.2, 0.25) is 0 Å². The van der Waals surface area contributed by atoms with Crippen molar-refractivity contribution >= 4 is 12.6 Å². The molecule has 1 aromatic rings. The zero-order valence-electron chi connectivity index (χ0n) is 8.99. The molecule has 1 rings (SSSR count). The molecule has 0 N–H and O–H groups in total. The highest BCUT2D eigenvalue weighted by atomic mass is 32.1. The van der Waals surface area contributed by atoms with Gasteiger partial charge in [0, 0.05) is 0 Å². The summed E-state index contributed by atoms with van der Waals surface area (Å²) in [5, 5.41) is 0. The lowest BCUT2D eigenvalue weighted by atomic mass is 10.3. The van der Waals surface area contributed by atoms with Crippen LogP contribution in [0.15, 0.2) is 16.5 Å². The van der Waals surface area contributed by atoms with Crippen LogP contribution in [-0.4, -0.2) is 24.2 Å². The van der Waals surface area contributed by atoms with Crippen LogP contribution in [0.25, 0.3) is 0 Å². The van der Waals surface area contributed by atoms with Crippen LogP contribution in [0.4, 0.5) is 0 Å². The van der Waals surface area contributed by atoms with Gasteiger partial charge in [-0.05, 0) is 51.2 Å². The van der Waals surface area contributed by atoms with Crippen LogP contribution in [0.3, 0.4) is 0 Å². The van der Waals surface area contributed by atoms with Gasteiger partial charge in [0.25, 0.3) is 0 Å². The standard InChI is InChI=1S/C11H19NOS/c1-10-5-6-11(13-10)9-12(2)7-3-4-8-14/h5-6,14H,3-4,7-9H2,1-2H3. The van der Waals surface area contributed by atoms with Gasteiger partial charge in [0.05, 0.1) is 6.54 Å². The Bertz CT molecular complexity index is 260. The van der Waals surface area contributed by atoms with Crippen molar-refractivity contribution in [2.45, 2.75) is 26.3 Å². The molecule has 1 heterocycles. The van der Waals surface area contributed by atoms with E-state index in [1.165, 1.54) is 12.8 Å². The Morgan fingerprint density at radius 3 is 2.71 bits per heavy atom. The molecule has 0 fully saturated rings. The molecule has 0 bridgehead atoms. The molecule has 0 aromatic carbocycles. The fourth-order valence-corrected chi connectivity index (χ4v) is 1.63. The van der Waals surface area contributed by atoms with E-state index in [2.05, 4.69) is 24.6 Å². The molecule has 0 aliphatic heterocycles. The van der Waals surface area contributed by atoms with Gasteiger partial charge in [-0.15, -0.1) is 0 Å². The van der Waals surface area contributed by atoms with Crippen LogP contribution in [0.5, 0.6) is 0 Å². The number of rotatable bonds is 6. The zero-order valence-corrected chi connectivity index (χ0v) is 9.89. The summed E-state index contributed by atoms with van der Waals surface area (Å²) in [6, 6.07) is 4.06. The highest BCUT2D eigenvalue weighted by Crippen LogP contribution is 2.08. The van der Waals surface area contributed by atoms with Crippen molar-refractivity contribution in [3.63, 3.8) is 0 Å². The molecule has 0 saturated carbocycles. The number of furan rings is 1. The maximum Gasteiger partial charge on any atom is 0.118 e. The Balaban J connectivity index is 2.23. The van der Waals surface area contributed by atoms with Crippen molar-refractivity contribution in [1.29, 1.82) is 0 Å². The summed E-state index contributed by atoms with van der Waals surface area (Å²) in [7, 11) is 2.12. The molecule has 80 valence electrons. The van der Waals surface area contributed by atoms with Crippen molar-refractivity contribution < 1.29 is 4.42 Å². The lowest BCUT2D eigenvalue weighted by Crippen LogP contribution is -2.18. The van der Waals surface area contributed by atoms with E-state index in [0.29, 0.717) is 0 Å². The minimum Gasteiger partial charge on any atom is -0.465 e. The van der Waals surface area contributed by atoms with E-state index in [9.17, 15) is 0 Å². The van der Waals surface area contributed by atoms with Crippen LogP contribution in [0, 0.1) is 6.92 Å². The molecule has 0 spiro atoms. The minimum atomic E-state index is 0.903. The smallest absolute Gasteiger partial charge is 0.118 e. The first-order chi connectivity index (χ1) is 6.72. The summed E-state index contributed by atoms with van der Waals surface area (Å²) >= 11 is 4.19. The summed E-state index contributed by atoms with van der Waals surface area (Å²) in [5.41, 5.74) is 0. The van der Waals surface area contributed by atoms with E-state index in [1.54, 1.807) is 0 Å². The quantitative estimate of drug-likeness (QED) is 0.578. The first-order valence-corrected chi connectivity index (χ1v) is 5.70. The molecule has 0 radical (unpaired) electrons. The van der Waals surface area contributed by atoms with Gasteiger partial charge in [0.15, 0.2) is 0 Å². The number of nitrogens with zero attached hydrogens (tertiary/aromatic N) is 1. The van der Waals surface area contributed by atoms with Gasteiger partial charge in [-0.25, -0.2) is 0 Å². The Kier molecular flexibility index (Phi) is 5.12. The Hall–Kier alpha value is -0.410. The van der Waals surface area contributed by atoms with Gasteiger partial charge in [-0.3, -0.25) is 4.90 Å². The monoisotopic (exact) mass is 213 g/mol. The molecule has 0 amide bonds. The first kappa shape index (κ1) is 11.7. The molecule has 0 atom stereocenters. The summed E-state index contributed by atoms with van der Waals surface area (Å²) in [6.45, 7) is 3.99. The zero-order chi connectivity index (χ0) is 10.4. The molecule has 0 aliphatic carbocycles. The third kappa shape index (κ3) is 4.20. The lowest BCUT2D eigenvalue weighted by molar-refractivity contribution is 0.288. The van der Waals surface area contributed by atoms with Crippen molar-refractivity contribution in [2.75, 3.05) is 19.3 Å². The number of unbranched alkanes of at least 4 members (excludes halogenated alkanes) is 1. The Morgan fingerprint density at radius 2 is 2.14 bits per heavy atom. The fourth-order valence-electron chi connectivity index (χ4n) is 1.41. The summed E-state index contributed by atoms with van der Waals surface area (Å²) in [4.78, 5) is 2.28. The third-order valence-corrected chi connectivity index (χ3v) is 2.49. The van der Waals surface area contributed by atoms with Crippen LogP contribution in [0.2, 0.25) is 0 Å². The number of aryl methyl sites for hydroxylation is 1. The van der Waals surface area contributed by atoms with Gasteiger partial charge in [-0.1, -0.05) is 0 Å². The van der Waals surface area contributed by atoms with Crippen molar-refractivity contribution in [3.05, 3.63) is 23.7 Å². The second kappa shape index (κ2) is 6.14. The van der Waals surface area contributed by atoms with E-state index < -0.39 is 0 Å². The molecule has 3 heteroatoms. The second-order valence-corrected chi connectivity index (χ2v) is 4.13. The Labute approximate surface area is 91.7 Å². The maximum atomic E-state index is 5.50. The molecule has 0 aliphatic rings. The van der Waals surface area contributed by atoms with E-state index in [1.807, 2.05) is 19.1 Å². The van der Waals surface area contributed by atoms with E-state index in [-0.39, 0.29) is 0 Å². The largest absolute Gasteiger partial charge is 0.465 e. The summed E-state index contributed by atoms with van der Waals surface area (Å²) < 4.78 is 5.50. The highest BCUT2D eigenvalue weighted by molar-refractivity contribution is 7.80. The van der Waals surface area contributed by atoms with E-state index >= 15 is 0 Å². The molecule has 0 saturated heterocycles. The molecule has 0 unspecified atom stereocenters. The molecular formula is C11H19NOS. The normalized spacial score (nSPS) is 11.1. The van der Waals surface area contributed by atoms with Crippen LogP contribution in [-0.2, 0) is 6.54 Å². The molecular weight excluding hydrogens is 194 g/mol. The van der Waals surface area contributed by atoms with Crippen molar-refractivity contribution in [1.82, 2.24) is 4.90 Å². The van der Waals surface area contributed by atoms with Gasteiger partial charge >= 0.3 is 0 Å². The van der Waals surface area contributed by atoms with E-state index in [4.69, 9.17) is 4.42 Å². The lowest BCUT2D eigenvalue weighted by Gasteiger charge is -2.14. The van der Waals surface area contributed by atoms with Crippen molar-refractivity contribution in [2.24, 2.45) is 0 Å². The average Bonchev–Trinajstić information content (AvgIpc) is 2.52. The van der Waals surface area contributed by atoms with Gasteiger partial charge in [-0.2, -0.15) is 12.6 Å². The van der Waals surface area contributed by atoms with Crippen molar-refractivity contribution in [3.8, 4) is 0 Å². The third-order valence-electron chi connectivity index (χ3n) is 2.17. The summed E-state index contributed by atoms with van der Waals surface area (Å²) in [5.74, 6) is 3.02. The van der Waals surface area contributed by atoms with Crippen LogP contribution in [0.1, 0.15) is 24.4 Å². The molecule has 2 nitrogen and oxygen atoms in total. The van der Waals surface area contributed by atoms with Gasteiger partial charge in [0.1, 0.15) is 11.5 Å². The summed E-state index contributed by atoms with van der Waals surface area (Å²) in [6.07, 6.45) is 2.39. The average molecular weight is 213 g/mol. The van der Waals surface area contributed by atoms with Crippen LogP contribution < -0.4 is 0 Å². The van der Waals surface area contributed by atoms with Gasteiger partial charge < -0.3 is 4.42 Å². The molecule has 14 heavy (non-hydrogen) atoms. The number of hydrogen-bond donors (Lipinski definition) is 1. The van der Waals surface area contributed by atoms with Crippen LogP contribution >= 0.6 is 12.6 Å². The first-order valence-electron chi connectivity index (χ1n) is 5.07.